The van der Waals surface area contributed by atoms with E-state index >= 15 is 0 Å². The first-order chi connectivity index (χ1) is 11.4. The first kappa shape index (κ1) is 19.9. The quantitative estimate of drug-likeness (QED) is 0.881. The molecule has 25 heavy (non-hydrogen) atoms. The molecule has 1 fully saturated rings. The SMILES string of the molecule is Cl.Cl.c1ccc2c(c1)OCC(c1ccc(CN3CCNCC3)cc1)O2. The van der Waals surface area contributed by atoms with Crippen molar-refractivity contribution in [3.8, 4) is 11.5 Å². The van der Waals surface area contributed by atoms with Crippen LogP contribution in [0.25, 0.3) is 0 Å². The van der Waals surface area contributed by atoms with Gasteiger partial charge in [0.15, 0.2) is 17.6 Å². The van der Waals surface area contributed by atoms with Crippen molar-refractivity contribution < 1.29 is 9.47 Å². The maximum Gasteiger partial charge on any atom is 0.162 e. The van der Waals surface area contributed by atoms with E-state index in [0.29, 0.717) is 6.61 Å². The van der Waals surface area contributed by atoms with Gasteiger partial charge in [0.2, 0.25) is 0 Å². The lowest BCUT2D eigenvalue weighted by Gasteiger charge is -2.28. The maximum absolute atomic E-state index is 6.06. The third kappa shape index (κ3) is 4.79. The zero-order valence-electron chi connectivity index (χ0n) is 14.0. The first-order valence-electron chi connectivity index (χ1n) is 8.29. The topological polar surface area (TPSA) is 33.7 Å². The van der Waals surface area contributed by atoms with Gasteiger partial charge in [-0.3, -0.25) is 4.90 Å². The number of rotatable bonds is 3. The number of para-hydroxylation sites is 2. The Kier molecular flexibility index (Phi) is 7.38. The van der Waals surface area contributed by atoms with Gasteiger partial charge >= 0.3 is 0 Å². The summed E-state index contributed by atoms with van der Waals surface area (Å²) in [7, 11) is 0. The van der Waals surface area contributed by atoms with Gasteiger partial charge in [-0.05, 0) is 23.3 Å². The Hall–Kier alpha value is -1.46. The average molecular weight is 383 g/mol. The van der Waals surface area contributed by atoms with Gasteiger partial charge in [-0.2, -0.15) is 0 Å². The van der Waals surface area contributed by atoms with Crippen molar-refractivity contribution in [1.29, 1.82) is 0 Å². The van der Waals surface area contributed by atoms with Crippen LogP contribution in [-0.2, 0) is 6.54 Å². The molecule has 2 aliphatic rings. The molecule has 0 radical (unpaired) electrons. The lowest BCUT2D eigenvalue weighted by atomic mass is 10.1. The lowest BCUT2D eigenvalue weighted by molar-refractivity contribution is 0.0913. The number of nitrogens with zero attached hydrogens (tertiary/aromatic N) is 1. The van der Waals surface area contributed by atoms with Gasteiger partial charge in [-0.25, -0.2) is 0 Å². The summed E-state index contributed by atoms with van der Waals surface area (Å²) in [5.74, 6) is 1.66. The van der Waals surface area contributed by atoms with E-state index in [-0.39, 0.29) is 30.9 Å². The Labute approximate surface area is 161 Å². The minimum absolute atomic E-state index is 0. The van der Waals surface area contributed by atoms with Crippen LogP contribution in [0, 0.1) is 0 Å². The molecule has 1 N–H and O–H groups in total. The van der Waals surface area contributed by atoms with Gasteiger partial charge < -0.3 is 14.8 Å². The number of ether oxygens (including phenoxy) is 2. The van der Waals surface area contributed by atoms with E-state index in [0.717, 1.165) is 44.2 Å². The molecule has 1 unspecified atom stereocenters. The van der Waals surface area contributed by atoms with Crippen LogP contribution in [0.5, 0.6) is 11.5 Å². The van der Waals surface area contributed by atoms with E-state index in [2.05, 4.69) is 34.5 Å². The summed E-state index contributed by atoms with van der Waals surface area (Å²) in [6.45, 7) is 6.01. The normalized spacial score (nSPS) is 19.4. The fraction of sp³-hybridized carbons (Fsp3) is 0.368. The van der Waals surface area contributed by atoms with Crippen LogP contribution >= 0.6 is 24.8 Å². The highest BCUT2D eigenvalue weighted by molar-refractivity contribution is 5.85. The van der Waals surface area contributed by atoms with Crippen LogP contribution in [0.1, 0.15) is 17.2 Å². The molecule has 0 amide bonds. The van der Waals surface area contributed by atoms with Crippen LogP contribution in [0.3, 0.4) is 0 Å². The highest BCUT2D eigenvalue weighted by Gasteiger charge is 2.22. The molecule has 1 atom stereocenters. The molecule has 0 bridgehead atoms. The van der Waals surface area contributed by atoms with Crippen LogP contribution < -0.4 is 14.8 Å². The van der Waals surface area contributed by atoms with E-state index in [9.17, 15) is 0 Å². The second-order valence-electron chi connectivity index (χ2n) is 6.13. The van der Waals surface area contributed by atoms with E-state index < -0.39 is 0 Å². The monoisotopic (exact) mass is 382 g/mol. The van der Waals surface area contributed by atoms with Crippen molar-refractivity contribution in [1.82, 2.24) is 10.2 Å². The Balaban J connectivity index is 0.00000113. The van der Waals surface area contributed by atoms with Gasteiger partial charge in [-0.15, -0.1) is 24.8 Å². The van der Waals surface area contributed by atoms with Gasteiger partial charge in [0.25, 0.3) is 0 Å². The second-order valence-corrected chi connectivity index (χ2v) is 6.13. The summed E-state index contributed by atoms with van der Waals surface area (Å²) in [6.07, 6.45) is -0.0295. The van der Waals surface area contributed by atoms with Crippen molar-refractivity contribution in [3.05, 3.63) is 59.7 Å². The number of piperazine rings is 1. The molecule has 2 aromatic carbocycles. The molecular weight excluding hydrogens is 359 g/mol. The molecule has 2 aliphatic heterocycles. The number of benzene rings is 2. The van der Waals surface area contributed by atoms with Crippen LogP contribution in [0.2, 0.25) is 0 Å². The van der Waals surface area contributed by atoms with Crippen molar-refractivity contribution in [2.75, 3.05) is 32.8 Å². The van der Waals surface area contributed by atoms with E-state index in [1.807, 2.05) is 24.3 Å². The molecule has 2 heterocycles. The molecule has 136 valence electrons. The number of fused-ring (bicyclic) bond motifs is 1. The van der Waals surface area contributed by atoms with Gasteiger partial charge in [-0.1, -0.05) is 36.4 Å². The van der Waals surface area contributed by atoms with Crippen molar-refractivity contribution in [2.45, 2.75) is 12.6 Å². The summed E-state index contributed by atoms with van der Waals surface area (Å²) in [6, 6.07) is 16.6. The summed E-state index contributed by atoms with van der Waals surface area (Å²) in [5.41, 5.74) is 2.52. The molecule has 4 rings (SSSR count). The summed E-state index contributed by atoms with van der Waals surface area (Å²) in [4.78, 5) is 2.49. The fourth-order valence-corrected chi connectivity index (χ4v) is 3.15. The third-order valence-corrected chi connectivity index (χ3v) is 4.48. The van der Waals surface area contributed by atoms with E-state index in [1.165, 1.54) is 11.1 Å². The molecule has 1 saturated heterocycles. The molecule has 0 aliphatic carbocycles. The van der Waals surface area contributed by atoms with E-state index in [4.69, 9.17) is 9.47 Å². The molecular formula is C19H24Cl2N2O2. The largest absolute Gasteiger partial charge is 0.485 e. The fourth-order valence-electron chi connectivity index (χ4n) is 3.15. The molecule has 6 heteroatoms. The van der Waals surface area contributed by atoms with Gasteiger partial charge in [0, 0.05) is 32.7 Å². The van der Waals surface area contributed by atoms with Gasteiger partial charge in [0.05, 0.1) is 0 Å². The summed E-state index contributed by atoms with van der Waals surface area (Å²) < 4.78 is 11.9. The van der Waals surface area contributed by atoms with Crippen molar-refractivity contribution >= 4 is 24.8 Å². The van der Waals surface area contributed by atoms with Gasteiger partial charge in [0.1, 0.15) is 6.61 Å². The lowest BCUT2D eigenvalue weighted by Crippen LogP contribution is -2.42. The summed E-state index contributed by atoms with van der Waals surface area (Å²) >= 11 is 0. The minimum atomic E-state index is -0.0295. The molecule has 0 spiro atoms. The predicted molar refractivity (Wildman–Crippen MR) is 104 cm³/mol. The zero-order chi connectivity index (χ0) is 15.5. The Morgan fingerprint density at radius 1 is 0.920 bits per heavy atom. The molecule has 0 aromatic heterocycles. The zero-order valence-corrected chi connectivity index (χ0v) is 15.7. The third-order valence-electron chi connectivity index (χ3n) is 4.48. The van der Waals surface area contributed by atoms with Crippen LogP contribution in [0.15, 0.2) is 48.5 Å². The predicted octanol–water partition coefficient (Wildman–Crippen LogP) is 3.45. The van der Waals surface area contributed by atoms with Crippen molar-refractivity contribution in [3.63, 3.8) is 0 Å². The number of nitrogens with one attached hydrogen (secondary N) is 1. The number of halogens is 2. The highest BCUT2D eigenvalue weighted by atomic mass is 35.5. The standard InChI is InChI=1S/C19H22N2O2.2ClH/c1-2-4-18-17(3-1)22-14-19(23-18)16-7-5-15(6-8-16)13-21-11-9-20-10-12-21;;/h1-8,19-20H,9-14H2;2*1H. The second kappa shape index (κ2) is 9.30. The molecule has 4 nitrogen and oxygen atoms in total. The Bertz CT molecular complexity index is 661. The first-order valence-corrected chi connectivity index (χ1v) is 8.29. The molecule has 2 aromatic rings. The Morgan fingerprint density at radius 2 is 1.60 bits per heavy atom. The van der Waals surface area contributed by atoms with Crippen LogP contribution in [-0.4, -0.2) is 37.7 Å². The Morgan fingerprint density at radius 3 is 2.32 bits per heavy atom. The van der Waals surface area contributed by atoms with E-state index in [1.54, 1.807) is 0 Å². The minimum Gasteiger partial charge on any atom is -0.485 e. The molecule has 0 saturated carbocycles. The van der Waals surface area contributed by atoms with Crippen LogP contribution in [0.4, 0.5) is 0 Å². The highest BCUT2D eigenvalue weighted by Crippen LogP contribution is 2.35. The number of hydrogen-bond acceptors (Lipinski definition) is 4. The van der Waals surface area contributed by atoms with Crippen molar-refractivity contribution in [2.24, 2.45) is 0 Å². The summed E-state index contributed by atoms with van der Waals surface area (Å²) in [5, 5.41) is 3.39. The maximum atomic E-state index is 6.06. The smallest absolute Gasteiger partial charge is 0.162 e. The number of hydrogen-bond donors (Lipinski definition) is 1. The average Bonchev–Trinajstić information content (AvgIpc) is 2.63.